The first-order valence-electron chi connectivity index (χ1n) is 6.97. The molecule has 0 aliphatic rings. The fourth-order valence-electron chi connectivity index (χ4n) is 1.83. The molecular weight excluding hydrogens is 328 g/mol. The second-order valence-electron chi connectivity index (χ2n) is 4.37. The summed E-state index contributed by atoms with van der Waals surface area (Å²) in [4.78, 5) is -0.312. The van der Waals surface area contributed by atoms with E-state index in [-0.39, 0.29) is 24.8 Å². The van der Waals surface area contributed by atoms with Crippen LogP contribution in [0.15, 0.2) is 30.3 Å². The van der Waals surface area contributed by atoms with Crippen LogP contribution in [0.5, 0.6) is 0 Å². The first kappa shape index (κ1) is 19.2. The van der Waals surface area contributed by atoms with Crippen LogP contribution >= 0.6 is 19.8 Å². The van der Waals surface area contributed by atoms with Crippen molar-refractivity contribution in [3.8, 4) is 0 Å². The average molecular weight is 349 g/mol. The highest BCUT2D eigenvalue weighted by atomic mass is 32.1. The van der Waals surface area contributed by atoms with Gasteiger partial charge in [-0.2, -0.15) is 0 Å². The van der Waals surface area contributed by atoms with Crippen molar-refractivity contribution in [3.63, 3.8) is 0 Å². The molecular formula is C14H21FNO4PS. The smallest absolute Gasteiger partial charge is 0.371 e. The summed E-state index contributed by atoms with van der Waals surface area (Å²) in [5.74, 6) is -2.08. The van der Waals surface area contributed by atoms with Gasteiger partial charge in [0.1, 0.15) is 4.99 Å². The molecule has 22 heavy (non-hydrogen) atoms. The molecule has 5 nitrogen and oxygen atoms in total. The van der Waals surface area contributed by atoms with Crippen molar-refractivity contribution in [1.29, 1.82) is 0 Å². The molecule has 0 radical (unpaired) electrons. The Hall–Kier alpha value is -0.850. The maximum atomic E-state index is 14.4. The minimum absolute atomic E-state index is 0.0441. The zero-order valence-corrected chi connectivity index (χ0v) is 14.3. The van der Waals surface area contributed by atoms with E-state index in [0.717, 1.165) is 5.56 Å². The summed E-state index contributed by atoms with van der Waals surface area (Å²) in [7, 11) is -3.98. The van der Waals surface area contributed by atoms with Gasteiger partial charge in [0.25, 0.3) is 5.91 Å². The third-order valence-electron chi connectivity index (χ3n) is 2.81. The monoisotopic (exact) mass is 349 g/mol. The second kappa shape index (κ2) is 9.33. The van der Waals surface area contributed by atoms with Crippen LogP contribution in [-0.4, -0.2) is 35.8 Å². The SMILES string of the molecule is CCOP(=O)(OCC)C(F)C(=S)N[C@H](CO)c1ccccc1. The van der Waals surface area contributed by atoms with Crippen molar-refractivity contribution in [1.82, 2.24) is 5.32 Å². The third kappa shape index (κ3) is 5.11. The van der Waals surface area contributed by atoms with Crippen molar-refractivity contribution < 1.29 is 23.1 Å². The molecule has 1 aromatic carbocycles. The largest absolute Gasteiger partial charge is 0.394 e. The molecule has 8 heteroatoms. The Balaban J connectivity index is 2.83. The quantitative estimate of drug-likeness (QED) is 0.527. The molecule has 2 N–H and O–H groups in total. The fraction of sp³-hybridized carbons (Fsp3) is 0.500. The maximum absolute atomic E-state index is 14.4. The van der Waals surface area contributed by atoms with E-state index < -0.39 is 19.6 Å². The minimum Gasteiger partial charge on any atom is -0.394 e. The van der Waals surface area contributed by atoms with Crippen molar-refractivity contribution in [2.45, 2.75) is 25.8 Å². The topological polar surface area (TPSA) is 67.8 Å². The van der Waals surface area contributed by atoms with Gasteiger partial charge in [-0.3, -0.25) is 4.57 Å². The molecule has 1 rings (SSSR count). The highest BCUT2D eigenvalue weighted by Gasteiger charge is 2.39. The molecule has 0 aliphatic heterocycles. The van der Waals surface area contributed by atoms with Crippen LogP contribution in [0.3, 0.4) is 0 Å². The number of aliphatic hydroxyl groups is 1. The lowest BCUT2D eigenvalue weighted by atomic mass is 10.1. The van der Waals surface area contributed by atoms with E-state index in [1.54, 1.807) is 38.1 Å². The van der Waals surface area contributed by atoms with Crippen molar-refractivity contribution in [3.05, 3.63) is 35.9 Å². The van der Waals surface area contributed by atoms with E-state index in [9.17, 15) is 14.1 Å². The van der Waals surface area contributed by atoms with Crippen molar-refractivity contribution >= 4 is 24.8 Å². The number of benzene rings is 1. The minimum atomic E-state index is -3.98. The summed E-state index contributed by atoms with van der Waals surface area (Å²) in [5.41, 5.74) is 0.738. The van der Waals surface area contributed by atoms with Gasteiger partial charge in [-0.1, -0.05) is 42.5 Å². The lowest BCUT2D eigenvalue weighted by Crippen LogP contribution is -2.35. The van der Waals surface area contributed by atoms with Crippen molar-refractivity contribution in [2.75, 3.05) is 19.8 Å². The molecule has 124 valence electrons. The number of nitrogens with one attached hydrogen (secondary N) is 1. The van der Waals surface area contributed by atoms with Gasteiger partial charge in [-0.05, 0) is 19.4 Å². The van der Waals surface area contributed by atoms with Gasteiger partial charge in [0.2, 0.25) is 0 Å². The van der Waals surface area contributed by atoms with E-state index in [4.69, 9.17) is 21.3 Å². The predicted octanol–water partition coefficient (Wildman–Crippen LogP) is 3.20. The summed E-state index contributed by atoms with van der Waals surface area (Å²) < 4.78 is 36.7. The zero-order chi connectivity index (χ0) is 16.6. The summed E-state index contributed by atoms with van der Waals surface area (Å²) in [6, 6.07) is 8.36. The second-order valence-corrected chi connectivity index (χ2v) is 6.85. The normalized spacial score (nSPS) is 14.4. The van der Waals surface area contributed by atoms with Gasteiger partial charge in [0, 0.05) is 0 Å². The van der Waals surface area contributed by atoms with E-state index in [0.29, 0.717) is 0 Å². The van der Waals surface area contributed by atoms with Gasteiger partial charge in [-0.15, -0.1) is 0 Å². The van der Waals surface area contributed by atoms with Crippen LogP contribution < -0.4 is 5.32 Å². The highest BCUT2D eigenvalue weighted by molar-refractivity contribution is 7.81. The summed E-state index contributed by atoms with van der Waals surface area (Å²) in [6.45, 7) is 2.99. The first-order valence-corrected chi connectivity index (χ1v) is 8.99. The highest BCUT2D eigenvalue weighted by Crippen LogP contribution is 2.54. The Morgan fingerprint density at radius 3 is 2.32 bits per heavy atom. The molecule has 0 saturated carbocycles. The Morgan fingerprint density at radius 1 is 1.32 bits per heavy atom. The standard InChI is InChI=1S/C14H21FNO4PS/c1-3-19-21(18,20-4-2)13(15)14(22)16-12(10-17)11-8-6-5-7-9-11/h5-9,12-13,17H,3-4,10H2,1-2H3,(H,16,22)/t12-,13?/m1/s1. The molecule has 1 aromatic rings. The lowest BCUT2D eigenvalue weighted by Gasteiger charge is -2.24. The molecule has 0 aromatic heterocycles. The molecule has 0 spiro atoms. The molecule has 1 unspecified atom stereocenters. The average Bonchev–Trinajstić information content (AvgIpc) is 2.53. The molecule has 0 aliphatic carbocycles. The van der Waals surface area contributed by atoms with Crippen LogP contribution in [0.2, 0.25) is 0 Å². The fourth-order valence-corrected chi connectivity index (χ4v) is 3.78. The number of halogens is 1. The van der Waals surface area contributed by atoms with Gasteiger partial charge >= 0.3 is 7.60 Å². The van der Waals surface area contributed by atoms with Gasteiger partial charge in [0.15, 0.2) is 0 Å². The van der Waals surface area contributed by atoms with Crippen LogP contribution in [-0.2, 0) is 13.6 Å². The number of thiocarbonyl (C=S) groups is 1. The zero-order valence-electron chi connectivity index (χ0n) is 12.6. The maximum Gasteiger partial charge on any atom is 0.371 e. The Labute approximate surface area is 135 Å². The van der Waals surface area contributed by atoms with E-state index >= 15 is 0 Å². The van der Waals surface area contributed by atoms with Crippen LogP contribution in [0.4, 0.5) is 4.39 Å². The lowest BCUT2D eigenvalue weighted by molar-refractivity contribution is 0.200. The van der Waals surface area contributed by atoms with Crippen LogP contribution in [0.1, 0.15) is 25.5 Å². The molecule has 0 heterocycles. The van der Waals surface area contributed by atoms with Crippen LogP contribution in [0.25, 0.3) is 0 Å². The third-order valence-corrected chi connectivity index (χ3v) is 5.36. The predicted molar refractivity (Wildman–Crippen MR) is 87.8 cm³/mol. The Bertz CT molecular complexity index is 507. The molecule has 0 amide bonds. The van der Waals surface area contributed by atoms with Gasteiger partial charge in [0.05, 0.1) is 25.9 Å². The van der Waals surface area contributed by atoms with Crippen LogP contribution in [0, 0.1) is 0 Å². The van der Waals surface area contributed by atoms with Crippen molar-refractivity contribution in [2.24, 2.45) is 0 Å². The molecule has 0 saturated heterocycles. The van der Waals surface area contributed by atoms with E-state index in [1.807, 2.05) is 6.07 Å². The number of rotatable bonds is 9. The molecule has 2 atom stereocenters. The van der Waals surface area contributed by atoms with E-state index in [2.05, 4.69) is 5.32 Å². The molecule has 0 fully saturated rings. The Morgan fingerprint density at radius 2 is 1.86 bits per heavy atom. The summed E-state index contributed by atoms with van der Waals surface area (Å²) in [6.07, 6.45) is 0. The van der Waals surface area contributed by atoms with E-state index in [1.165, 1.54) is 0 Å². The molecule has 0 bridgehead atoms. The number of aliphatic hydroxyl groups excluding tert-OH is 1. The summed E-state index contributed by atoms with van der Waals surface area (Å²) >= 11 is 4.97. The number of hydrogen-bond acceptors (Lipinski definition) is 5. The number of alkyl halides is 1. The van der Waals surface area contributed by atoms with Gasteiger partial charge < -0.3 is 19.5 Å². The first-order chi connectivity index (χ1) is 10.5. The number of hydrogen-bond donors (Lipinski definition) is 2. The summed E-state index contributed by atoms with van der Waals surface area (Å²) in [5, 5.41) is 12.1. The van der Waals surface area contributed by atoms with Gasteiger partial charge in [-0.25, -0.2) is 4.39 Å². The Kier molecular flexibility index (Phi) is 8.14.